The van der Waals surface area contributed by atoms with E-state index < -0.39 is 0 Å². The van der Waals surface area contributed by atoms with E-state index in [9.17, 15) is 0 Å². The lowest BCUT2D eigenvalue weighted by atomic mass is 10.2. The van der Waals surface area contributed by atoms with Gasteiger partial charge >= 0.3 is 0 Å². The van der Waals surface area contributed by atoms with E-state index >= 15 is 0 Å². The van der Waals surface area contributed by atoms with Crippen LogP contribution in [0.25, 0.3) is 0 Å². The zero-order chi connectivity index (χ0) is 13.1. The van der Waals surface area contributed by atoms with Gasteiger partial charge in [0.1, 0.15) is 12.4 Å². The van der Waals surface area contributed by atoms with Crippen molar-refractivity contribution >= 4 is 11.6 Å². The van der Waals surface area contributed by atoms with Crippen LogP contribution < -0.4 is 14.2 Å². The maximum absolute atomic E-state index is 5.94. The molecule has 3 nitrogen and oxygen atoms in total. The molecule has 19 heavy (non-hydrogen) atoms. The fraction of sp³-hybridized carbons (Fsp3) is 0.200. The van der Waals surface area contributed by atoms with Gasteiger partial charge in [-0.15, -0.1) is 11.6 Å². The maximum atomic E-state index is 5.94. The summed E-state index contributed by atoms with van der Waals surface area (Å²) in [7, 11) is 0. The van der Waals surface area contributed by atoms with E-state index in [0.29, 0.717) is 18.2 Å². The molecule has 98 valence electrons. The molecule has 0 fully saturated rings. The summed E-state index contributed by atoms with van der Waals surface area (Å²) in [6.45, 7) is 0.754. The molecule has 0 N–H and O–H groups in total. The van der Waals surface area contributed by atoms with Crippen molar-refractivity contribution in [3.63, 3.8) is 0 Å². The standard InChI is InChI=1S/C15H13ClO3/c16-8-12-6-14-15(19-10-18-14)7-13(12)17-9-11-4-2-1-3-5-11/h1-7H,8-10H2. The second kappa shape index (κ2) is 5.41. The number of hydrogen-bond acceptors (Lipinski definition) is 3. The first-order valence-electron chi connectivity index (χ1n) is 6.02. The van der Waals surface area contributed by atoms with E-state index in [4.69, 9.17) is 25.8 Å². The molecule has 4 heteroatoms. The largest absolute Gasteiger partial charge is 0.488 e. The summed E-state index contributed by atoms with van der Waals surface area (Å²) in [4.78, 5) is 0. The highest BCUT2D eigenvalue weighted by Crippen LogP contribution is 2.38. The molecule has 0 saturated carbocycles. The molecule has 2 aromatic rings. The van der Waals surface area contributed by atoms with Crippen molar-refractivity contribution < 1.29 is 14.2 Å². The predicted molar refractivity (Wildman–Crippen MR) is 72.9 cm³/mol. The van der Waals surface area contributed by atoms with Crippen LogP contribution >= 0.6 is 11.6 Å². The molecule has 0 bridgehead atoms. The minimum absolute atomic E-state index is 0.249. The Labute approximate surface area is 116 Å². The van der Waals surface area contributed by atoms with E-state index in [0.717, 1.165) is 22.6 Å². The minimum Gasteiger partial charge on any atom is -0.488 e. The van der Waals surface area contributed by atoms with Gasteiger partial charge < -0.3 is 14.2 Å². The summed E-state index contributed by atoms with van der Waals surface area (Å²) in [5.74, 6) is 2.54. The molecule has 1 aliphatic heterocycles. The van der Waals surface area contributed by atoms with Crippen LogP contribution in [-0.4, -0.2) is 6.79 Å². The van der Waals surface area contributed by atoms with Gasteiger partial charge in [0.25, 0.3) is 0 Å². The van der Waals surface area contributed by atoms with E-state index in [1.54, 1.807) is 0 Å². The summed E-state index contributed by atoms with van der Waals surface area (Å²) in [5.41, 5.74) is 2.02. The van der Waals surface area contributed by atoms with Gasteiger partial charge in [-0.3, -0.25) is 0 Å². The van der Waals surface area contributed by atoms with Gasteiger partial charge in [0.15, 0.2) is 11.5 Å². The molecule has 0 radical (unpaired) electrons. The monoisotopic (exact) mass is 276 g/mol. The molecule has 2 aromatic carbocycles. The third-order valence-corrected chi connectivity index (χ3v) is 3.22. The first-order valence-corrected chi connectivity index (χ1v) is 6.55. The smallest absolute Gasteiger partial charge is 0.231 e. The van der Waals surface area contributed by atoms with Crippen molar-refractivity contribution in [3.05, 3.63) is 53.6 Å². The van der Waals surface area contributed by atoms with Gasteiger partial charge in [-0.2, -0.15) is 0 Å². The summed E-state index contributed by atoms with van der Waals surface area (Å²) >= 11 is 5.94. The third kappa shape index (κ3) is 2.61. The third-order valence-electron chi connectivity index (χ3n) is 2.94. The van der Waals surface area contributed by atoms with Crippen LogP contribution in [0.2, 0.25) is 0 Å². The van der Waals surface area contributed by atoms with Crippen molar-refractivity contribution in [2.45, 2.75) is 12.5 Å². The zero-order valence-corrected chi connectivity index (χ0v) is 11.0. The van der Waals surface area contributed by atoms with Crippen LogP contribution in [-0.2, 0) is 12.5 Å². The number of rotatable bonds is 4. The lowest BCUT2D eigenvalue weighted by Crippen LogP contribution is -1.97. The Kier molecular flexibility index (Phi) is 3.47. The summed E-state index contributed by atoms with van der Waals surface area (Å²) in [6, 6.07) is 13.7. The van der Waals surface area contributed by atoms with Crippen molar-refractivity contribution in [2.24, 2.45) is 0 Å². The number of hydrogen-bond donors (Lipinski definition) is 0. The van der Waals surface area contributed by atoms with Crippen molar-refractivity contribution in [1.29, 1.82) is 0 Å². The van der Waals surface area contributed by atoms with Crippen LogP contribution in [0, 0.1) is 0 Å². The van der Waals surface area contributed by atoms with Gasteiger partial charge in [0, 0.05) is 11.6 Å². The quantitative estimate of drug-likeness (QED) is 0.797. The first kappa shape index (κ1) is 12.2. The molecular formula is C15H13ClO3. The first-order chi connectivity index (χ1) is 9.36. The highest BCUT2D eigenvalue weighted by atomic mass is 35.5. The lowest BCUT2D eigenvalue weighted by Gasteiger charge is -2.11. The van der Waals surface area contributed by atoms with Crippen molar-refractivity contribution in [1.82, 2.24) is 0 Å². The van der Waals surface area contributed by atoms with Gasteiger partial charge in [0.2, 0.25) is 6.79 Å². The normalized spacial score (nSPS) is 12.5. The number of benzene rings is 2. The summed E-state index contributed by atoms with van der Waals surface area (Å²) < 4.78 is 16.5. The molecule has 0 aliphatic carbocycles. The van der Waals surface area contributed by atoms with Gasteiger partial charge in [-0.1, -0.05) is 30.3 Å². The maximum Gasteiger partial charge on any atom is 0.231 e. The van der Waals surface area contributed by atoms with E-state index in [1.807, 2.05) is 42.5 Å². The Morgan fingerprint density at radius 3 is 2.53 bits per heavy atom. The van der Waals surface area contributed by atoms with Crippen LogP contribution in [0.15, 0.2) is 42.5 Å². The highest BCUT2D eigenvalue weighted by molar-refractivity contribution is 6.17. The SMILES string of the molecule is ClCc1cc2c(cc1OCc1ccccc1)OCO2. The topological polar surface area (TPSA) is 27.7 Å². The zero-order valence-electron chi connectivity index (χ0n) is 10.3. The molecule has 0 saturated heterocycles. The molecule has 0 atom stereocenters. The highest BCUT2D eigenvalue weighted by Gasteiger charge is 2.17. The average molecular weight is 277 g/mol. The molecule has 3 rings (SSSR count). The number of ether oxygens (including phenoxy) is 3. The number of halogens is 1. The molecule has 0 amide bonds. The fourth-order valence-electron chi connectivity index (χ4n) is 1.94. The second-order valence-corrected chi connectivity index (χ2v) is 4.49. The van der Waals surface area contributed by atoms with Gasteiger partial charge in [-0.05, 0) is 11.6 Å². The fourth-order valence-corrected chi connectivity index (χ4v) is 2.15. The minimum atomic E-state index is 0.249. The summed E-state index contributed by atoms with van der Waals surface area (Å²) in [6.07, 6.45) is 0. The van der Waals surface area contributed by atoms with Crippen molar-refractivity contribution in [2.75, 3.05) is 6.79 Å². The molecule has 0 aromatic heterocycles. The van der Waals surface area contributed by atoms with E-state index in [1.165, 1.54) is 0 Å². The van der Waals surface area contributed by atoms with E-state index in [2.05, 4.69) is 0 Å². The Balaban J connectivity index is 1.80. The van der Waals surface area contributed by atoms with Crippen LogP contribution in [0.5, 0.6) is 17.2 Å². The molecular weight excluding hydrogens is 264 g/mol. The molecule has 1 heterocycles. The Morgan fingerprint density at radius 2 is 1.79 bits per heavy atom. The van der Waals surface area contributed by atoms with Crippen molar-refractivity contribution in [3.8, 4) is 17.2 Å². The Morgan fingerprint density at radius 1 is 1.05 bits per heavy atom. The van der Waals surface area contributed by atoms with Crippen LogP contribution in [0.4, 0.5) is 0 Å². The average Bonchev–Trinajstić information content (AvgIpc) is 2.92. The molecule has 0 unspecified atom stereocenters. The van der Waals surface area contributed by atoms with Crippen LogP contribution in [0.3, 0.4) is 0 Å². The lowest BCUT2D eigenvalue weighted by molar-refractivity contribution is 0.173. The van der Waals surface area contributed by atoms with E-state index in [-0.39, 0.29) is 6.79 Å². The number of alkyl halides is 1. The second-order valence-electron chi connectivity index (χ2n) is 4.22. The van der Waals surface area contributed by atoms with Gasteiger partial charge in [-0.25, -0.2) is 0 Å². The van der Waals surface area contributed by atoms with Gasteiger partial charge in [0.05, 0.1) is 5.88 Å². The molecule has 1 aliphatic rings. The molecule has 0 spiro atoms. The number of fused-ring (bicyclic) bond motifs is 1. The van der Waals surface area contributed by atoms with Crippen LogP contribution in [0.1, 0.15) is 11.1 Å². The summed E-state index contributed by atoms with van der Waals surface area (Å²) in [5, 5.41) is 0. The Bertz CT molecular complexity index is 569. The predicted octanol–water partition coefficient (Wildman–Crippen LogP) is 3.73. The Hall–Kier alpha value is -1.87.